The number of pyridine rings is 2. The number of benzene rings is 1. The average molecular weight is 491 g/mol. The number of ether oxygens (including phenoxy) is 2. The van der Waals surface area contributed by atoms with Crippen LogP contribution in [-0.2, 0) is 5.54 Å². The van der Waals surface area contributed by atoms with Crippen molar-refractivity contribution in [2.24, 2.45) is 0 Å². The van der Waals surface area contributed by atoms with Crippen LogP contribution in [0.2, 0.25) is 0 Å². The molecule has 12 heteroatoms. The maximum Gasteiger partial charge on any atom is 0.573 e. The maximum atomic E-state index is 14.7. The lowest BCUT2D eigenvalue weighted by atomic mass is 9.81. The van der Waals surface area contributed by atoms with E-state index in [2.05, 4.69) is 20.0 Å². The Balaban J connectivity index is 1.79. The van der Waals surface area contributed by atoms with Gasteiger partial charge in [-0.3, -0.25) is 9.78 Å². The minimum absolute atomic E-state index is 0.0634. The Hall–Kier alpha value is -4.22. The number of nitrogens with zero attached hydrogens (tertiary/aromatic N) is 2. The van der Waals surface area contributed by atoms with E-state index in [1.54, 1.807) is 12.1 Å². The number of aromatic nitrogens is 2. The Bertz CT molecular complexity index is 1310. The predicted molar refractivity (Wildman–Crippen MR) is 112 cm³/mol. The summed E-state index contributed by atoms with van der Waals surface area (Å²) >= 11 is 0. The fourth-order valence-electron chi connectivity index (χ4n) is 3.88. The molecule has 182 valence electrons. The summed E-state index contributed by atoms with van der Waals surface area (Å²) < 4.78 is 61.8. The lowest BCUT2D eigenvalue weighted by molar-refractivity contribution is -0.275. The number of carbonyl (C=O) groups excluding carboxylic acids is 1. The SMILES string of the molecule is Cc1nc(C(=O)NC2(c3ccc(OC(F)(F)F)c(F)c3)CCOc3cccnc32)ccc1C(=O)O. The van der Waals surface area contributed by atoms with E-state index in [9.17, 15) is 32.3 Å². The monoisotopic (exact) mass is 491 g/mol. The molecule has 1 atom stereocenters. The van der Waals surface area contributed by atoms with Crippen LogP contribution in [0.25, 0.3) is 0 Å². The number of alkyl halides is 3. The zero-order chi connectivity index (χ0) is 25.4. The Morgan fingerprint density at radius 3 is 2.63 bits per heavy atom. The van der Waals surface area contributed by atoms with Crippen molar-refractivity contribution in [3.05, 3.63) is 82.7 Å². The number of rotatable bonds is 5. The van der Waals surface area contributed by atoms with Gasteiger partial charge in [-0.25, -0.2) is 14.2 Å². The maximum absolute atomic E-state index is 14.7. The first kappa shape index (κ1) is 23.9. The highest BCUT2D eigenvalue weighted by atomic mass is 19.4. The summed E-state index contributed by atoms with van der Waals surface area (Å²) in [5, 5.41) is 12.0. The number of aryl methyl sites for hydroxylation is 1. The first-order valence-electron chi connectivity index (χ1n) is 10.2. The molecule has 0 bridgehead atoms. The number of carboxylic acid groups (broad SMARTS) is 1. The summed E-state index contributed by atoms with van der Waals surface area (Å²) in [6, 6.07) is 8.47. The van der Waals surface area contributed by atoms with Crippen molar-refractivity contribution < 1.29 is 41.7 Å². The molecule has 1 aromatic carbocycles. The van der Waals surface area contributed by atoms with Gasteiger partial charge in [-0.05, 0) is 48.9 Å². The summed E-state index contributed by atoms with van der Waals surface area (Å²) in [4.78, 5) is 32.8. The Labute approximate surface area is 195 Å². The first-order valence-corrected chi connectivity index (χ1v) is 10.2. The Morgan fingerprint density at radius 2 is 1.97 bits per heavy atom. The molecule has 3 aromatic rings. The van der Waals surface area contributed by atoms with E-state index in [1.165, 1.54) is 31.3 Å². The number of hydrogen-bond donors (Lipinski definition) is 2. The topological polar surface area (TPSA) is 111 Å². The largest absolute Gasteiger partial charge is 0.573 e. The number of amides is 1. The molecule has 1 amide bonds. The molecule has 1 aliphatic rings. The van der Waals surface area contributed by atoms with Gasteiger partial charge in [0.2, 0.25) is 0 Å². The third-order valence-electron chi connectivity index (χ3n) is 5.44. The van der Waals surface area contributed by atoms with Gasteiger partial charge in [0.05, 0.1) is 17.9 Å². The molecule has 4 rings (SSSR count). The third kappa shape index (κ3) is 4.72. The normalized spacial score (nSPS) is 17.2. The van der Waals surface area contributed by atoms with E-state index >= 15 is 0 Å². The molecular weight excluding hydrogens is 474 g/mol. The molecule has 0 saturated carbocycles. The zero-order valence-electron chi connectivity index (χ0n) is 18.0. The van der Waals surface area contributed by atoms with Crippen molar-refractivity contribution in [3.63, 3.8) is 0 Å². The molecule has 1 unspecified atom stereocenters. The van der Waals surface area contributed by atoms with Crippen LogP contribution >= 0.6 is 0 Å². The van der Waals surface area contributed by atoms with Gasteiger partial charge in [0, 0.05) is 12.6 Å². The standard InChI is InChI=1S/C23H17F4N3O5/c1-12-14(21(32)33)5-6-16(29-12)20(31)30-22(8-10-34-18-3-2-9-28-19(18)22)13-4-7-17(15(24)11-13)35-23(25,26)27/h2-7,9,11H,8,10H2,1H3,(H,30,31)(H,32,33). The van der Waals surface area contributed by atoms with Gasteiger partial charge < -0.3 is 19.9 Å². The highest BCUT2D eigenvalue weighted by Gasteiger charge is 2.43. The van der Waals surface area contributed by atoms with Crippen molar-refractivity contribution >= 4 is 11.9 Å². The molecule has 0 radical (unpaired) electrons. The number of carbonyl (C=O) groups is 2. The van der Waals surface area contributed by atoms with Crippen LogP contribution in [0.5, 0.6) is 11.5 Å². The Morgan fingerprint density at radius 1 is 1.20 bits per heavy atom. The molecule has 0 spiro atoms. The van der Waals surface area contributed by atoms with E-state index in [4.69, 9.17) is 4.74 Å². The smallest absolute Gasteiger partial charge is 0.491 e. The second kappa shape index (κ2) is 8.85. The van der Waals surface area contributed by atoms with Crippen molar-refractivity contribution in [1.29, 1.82) is 0 Å². The number of nitrogens with one attached hydrogen (secondary N) is 1. The van der Waals surface area contributed by atoms with Crippen LogP contribution in [0, 0.1) is 12.7 Å². The van der Waals surface area contributed by atoms with E-state index in [-0.39, 0.29) is 41.2 Å². The van der Waals surface area contributed by atoms with Crippen LogP contribution in [0.15, 0.2) is 48.7 Å². The van der Waals surface area contributed by atoms with Crippen molar-refractivity contribution in [1.82, 2.24) is 15.3 Å². The van der Waals surface area contributed by atoms with Gasteiger partial charge >= 0.3 is 12.3 Å². The second-order valence-electron chi connectivity index (χ2n) is 7.64. The minimum Gasteiger partial charge on any atom is -0.491 e. The molecule has 0 fully saturated rings. The molecule has 1 aliphatic heterocycles. The molecule has 2 N–H and O–H groups in total. The minimum atomic E-state index is -5.09. The van der Waals surface area contributed by atoms with Crippen molar-refractivity contribution in [2.45, 2.75) is 25.2 Å². The van der Waals surface area contributed by atoms with Gasteiger partial charge in [0.15, 0.2) is 11.6 Å². The van der Waals surface area contributed by atoms with E-state index in [0.717, 1.165) is 12.1 Å². The number of aromatic carboxylic acids is 1. The fourth-order valence-corrected chi connectivity index (χ4v) is 3.88. The third-order valence-corrected chi connectivity index (χ3v) is 5.44. The van der Waals surface area contributed by atoms with E-state index in [1.807, 2.05) is 0 Å². The lowest BCUT2D eigenvalue weighted by Gasteiger charge is -2.39. The zero-order valence-corrected chi connectivity index (χ0v) is 18.0. The number of hydrogen-bond acceptors (Lipinski definition) is 6. The Kier molecular flexibility index (Phi) is 6.05. The van der Waals surface area contributed by atoms with Gasteiger partial charge in [-0.15, -0.1) is 13.2 Å². The molecular formula is C23H17F4N3O5. The lowest BCUT2D eigenvalue weighted by Crippen LogP contribution is -2.50. The van der Waals surface area contributed by atoms with Crippen molar-refractivity contribution in [2.75, 3.05) is 6.61 Å². The predicted octanol–water partition coefficient (Wildman–Crippen LogP) is 3.98. The van der Waals surface area contributed by atoms with Gasteiger partial charge in [0.25, 0.3) is 5.91 Å². The molecule has 35 heavy (non-hydrogen) atoms. The highest BCUT2D eigenvalue weighted by molar-refractivity contribution is 5.95. The summed E-state index contributed by atoms with van der Waals surface area (Å²) in [7, 11) is 0. The second-order valence-corrected chi connectivity index (χ2v) is 7.64. The number of carboxylic acids is 1. The fraction of sp³-hybridized carbons (Fsp3) is 0.217. The molecule has 8 nitrogen and oxygen atoms in total. The van der Waals surface area contributed by atoms with Crippen LogP contribution in [-0.4, -0.2) is 39.9 Å². The quantitative estimate of drug-likeness (QED) is 0.520. The summed E-state index contributed by atoms with van der Waals surface area (Å²) in [6.07, 6.45) is -3.60. The van der Waals surface area contributed by atoms with Crippen LogP contribution in [0.1, 0.15) is 44.2 Å². The average Bonchev–Trinajstić information content (AvgIpc) is 2.79. The molecule has 0 saturated heterocycles. The van der Waals surface area contributed by atoms with Crippen molar-refractivity contribution in [3.8, 4) is 11.5 Å². The number of halogens is 4. The summed E-state index contributed by atoms with van der Waals surface area (Å²) in [5.41, 5.74) is -1.29. The van der Waals surface area contributed by atoms with E-state index < -0.39 is 35.3 Å². The van der Waals surface area contributed by atoms with Gasteiger partial charge in [0.1, 0.15) is 22.7 Å². The first-order chi connectivity index (χ1) is 16.5. The molecule has 3 heterocycles. The van der Waals surface area contributed by atoms with Gasteiger partial charge in [-0.2, -0.15) is 0 Å². The van der Waals surface area contributed by atoms with E-state index in [0.29, 0.717) is 5.75 Å². The number of fused-ring (bicyclic) bond motifs is 1. The van der Waals surface area contributed by atoms with Crippen LogP contribution in [0.3, 0.4) is 0 Å². The van der Waals surface area contributed by atoms with Crippen LogP contribution in [0.4, 0.5) is 17.6 Å². The molecule has 0 aliphatic carbocycles. The summed E-state index contributed by atoms with van der Waals surface area (Å²) in [6.45, 7) is 1.50. The molecule has 2 aromatic heterocycles. The van der Waals surface area contributed by atoms with Gasteiger partial charge in [-0.1, -0.05) is 6.07 Å². The van der Waals surface area contributed by atoms with Crippen LogP contribution < -0.4 is 14.8 Å². The summed E-state index contributed by atoms with van der Waals surface area (Å²) in [5.74, 6) is -3.98. The highest BCUT2D eigenvalue weighted by Crippen LogP contribution is 2.42.